The first-order valence-corrected chi connectivity index (χ1v) is 8.75. The Morgan fingerprint density at radius 1 is 0.966 bits per heavy atom. The first-order valence-electron chi connectivity index (χ1n) is 8.75. The monoisotopic (exact) mass is 395 g/mol. The summed E-state index contributed by atoms with van der Waals surface area (Å²) < 4.78 is 17.2. The van der Waals surface area contributed by atoms with Gasteiger partial charge in [-0.25, -0.2) is 0 Å². The molecule has 1 heterocycles. The minimum Gasteiger partial charge on any atom is -0.497 e. The Morgan fingerprint density at radius 3 is 2.24 bits per heavy atom. The molecule has 0 aliphatic heterocycles. The Kier molecular flexibility index (Phi) is 5.82. The molecule has 0 aliphatic carbocycles. The maximum atomic E-state index is 12.7. The van der Waals surface area contributed by atoms with E-state index in [0.717, 1.165) is 5.56 Å². The van der Waals surface area contributed by atoms with E-state index in [9.17, 15) is 9.59 Å². The third-order valence-corrected chi connectivity index (χ3v) is 4.18. The third kappa shape index (κ3) is 4.37. The largest absolute Gasteiger partial charge is 0.497 e. The maximum Gasteiger partial charge on any atom is 0.280 e. The average Bonchev–Trinajstić information content (AvgIpc) is 2.72. The van der Waals surface area contributed by atoms with Crippen molar-refractivity contribution in [2.45, 2.75) is 6.92 Å². The van der Waals surface area contributed by atoms with E-state index in [-0.39, 0.29) is 11.6 Å². The summed E-state index contributed by atoms with van der Waals surface area (Å²) in [4.78, 5) is 25.2. The number of nitrogens with zero attached hydrogens (tertiary/aromatic N) is 2. The molecule has 0 saturated carbocycles. The molecule has 3 rings (SSSR count). The average molecular weight is 395 g/mol. The van der Waals surface area contributed by atoms with Crippen LogP contribution in [-0.2, 0) is 0 Å². The number of carbonyl (C=O) groups excluding carboxylic acids is 1. The highest BCUT2D eigenvalue weighted by molar-refractivity contribution is 6.02. The van der Waals surface area contributed by atoms with Gasteiger partial charge in [0.25, 0.3) is 5.91 Å². The molecule has 0 unspecified atom stereocenters. The number of benzene rings is 2. The van der Waals surface area contributed by atoms with Gasteiger partial charge in [-0.3, -0.25) is 9.59 Å². The molecule has 3 aromatic rings. The van der Waals surface area contributed by atoms with Crippen molar-refractivity contribution in [3.8, 4) is 23.1 Å². The van der Waals surface area contributed by atoms with Crippen molar-refractivity contribution in [3.05, 3.63) is 70.0 Å². The Morgan fingerprint density at radius 2 is 1.66 bits per heavy atom. The number of hydrogen-bond acceptors (Lipinski definition) is 6. The van der Waals surface area contributed by atoms with E-state index in [0.29, 0.717) is 22.9 Å². The summed E-state index contributed by atoms with van der Waals surface area (Å²) in [6.45, 7) is 1.91. The zero-order chi connectivity index (χ0) is 21.0. The molecular weight excluding hydrogens is 374 g/mol. The van der Waals surface area contributed by atoms with Gasteiger partial charge in [0.1, 0.15) is 11.5 Å². The van der Waals surface area contributed by atoms with Crippen LogP contribution in [0.2, 0.25) is 0 Å². The highest BCUT2D eigenvalue weighted by atomic mass is 16.5. The second-order valence-corrected chi connectivity index (χ2v) is 6.21. The fourth-order valence-corrected chi connectivity index (χ4v) is 2.76. The Hall–Kier alpha value is -3.81. The quantitative estimate of drug-likeness (QED) is 0.690. The number of rotatable bonds is 6. The van der Waals surface area contributed by atoms with E-state index in [1.165, 1.54) is 32.1 Å². The van der Waals surface area contributed by atoms with Gasteiger partial charge in [0.05, 0.1) is 33.1 Å². The van der Waals surface area contributed by atoms with Gasteiger partial charge in [-0.05, 0) is 24.6 Å². The van der Waals surface area contributed by atoms with Gasteiger partial charge in [0, 0.05) is 23.9 Å². The number of amides is 1. The van der Waals surface area contributed by atoms with Gasteiger partial charge in [-0.15, -0.1) is 0 Å². The van der Waals surface area contributed by atoms with Crippen molar-refractivity contribution in [1.82, 2.24) is 9.78 Å². The summed E-state index contributed by atoms with van der Waals surface area (Å²) in [7, 11) is 4.46. The minimum atomic E-state index is -0.619. The molecule has 0 atom stereocenters. The van der Waals surface area contributed by atoms with Crippen LogP contribution in [0.5, 0.6) is 17.4 Å². The van der Waals surface area contributed by atoms with Crippen molar-refractivity contribution < 1.29 is 19.0 Å². The van der Waals surface area contributed by atoms with E-state index >= 15 is 0 Å². The van der Waals surface area contributed by atoms with Crippen molar-refractivity contribution in [2.75, 3.05) is 26.6 Å². The van der Waals surface area contributed by atoms with E-state index in [4.69, 9.17) is 14.2 Å². The highest BCUT2D eigenvalue weighted by Crippen LogP contribution is 2.26. The lowest BCUT2D eigenvalue weighted by Crippen LogP contribution is -2.26. The molecule has 8 heteroatoms. The number of aryl methyl sites for hydroxylation is 1. The molecule has 1 amide bonds. The molecule has 0 saturated heterocycles. The predicted molar refractivity (Wildman–Crippen MR) is 109 cm³/mol. The van der Waals surface area contributed by atoms with Gasteiger partial charge < -0.3 is 19.5 Å². The summed E-state index contributed by atoms with van der Waals surface area (Å²) in [6.07, 6.45) is 0. The maximum absolute atomic E-state index is 12.7. The van der Waals surface area contributed by atoms with Crippen LogP contribution in [-0.4, -0.2) is 37.0 Å². The number of anilines is 1. The normalized spacial score (nSPS) is 10.3. The van der Waals surface area contributed by atoms with E-state index in [1.807, 2.05) is 19.1 Å². The van der Waals surface area contributed by atoms with Crippen LogP contribution in [0.15, 0.2) is 53.3 Å². The van der Waals surface area contributed by atoms with Crippen molar-refractivity contribution in [1.29, 1.82) is 0 Å². The molecule has 2 aromatic carbocycles. The van der Waals surface area contributed by atoms with Crippen LogP contribution in [0.3, 0.4) is 0 Å². The van der Waals surface area contributed by atoms with Gasteiger partial charge in [-0.1, -0.05) is 12.1 Å². The van der Waals surface area contributed by atoms with Crippen molar-refractivity contribution in [3.63, 3.8) is 0 Å². The Bertz CT molecular complexity index is 1090. The number of nitrogens with one attached hydrogen (secondary N) is 1. The zero-order valence-electron chi connectivity index (χ0n) is 16.6. The summed E-state index contributed by atoms with van der Waals surface area (Å²) in [6, 6.07) is 13.5. The number of carbonyl (C=O) groups is 1. The molecule has 0 radical (unpaired) electrons. The first kappa shape index (κ1) is 19.9. The van der Waals surface area contributed by atoms with Crippen molar-refractivity contribution in [2.24, 2.45) is 0 Å². The highest BCUT2D eigenvalue weighted by Gasteiger charge is 2.18. The smallest absolute Gasteiger partial charge is 0.280 e. The number of hydrogen-bond donors (Lipinski definition) is 1. The van der Waals surface area contributed by atoms with Gasteiger partial charge in [0.2, 0.25) is 11.3 Å². The summed E-state index contributed by atoms with van der Waals surface area (Å²) >= 11 is 0. The molecule has 0 spiro atoms. The van der Waals surface area contributed by atoms with Crippen LogP contribution in [0.1, 0.15) is 16.1 Å². The van der Waals surface area contributed by atoms with E-state index in [2.05, 4.69) is 10.4 Å². The molecule has 8 nitrogen and oxygen atoms in total. The summed E-state index contributed by atoms with van der Waals surface area (Å²) in [5, 5.41) is 6.93. The molecule has 0 aliphatic rings. The molecule has 1 N–H and O–H groups in total. The van der Waals surface area contributed by atoms with Gasteiger partial charge in [0.15, 0.2) is 5.69 Å². The number of ether oxygens (including phenoxy) is 3. The number of aromatic nitrogens is 2. The van der Waals surface area contributed by atoms with Gasteiger partial charge in [-0.2, -0.15) is 9.78 Å². The lowest BCUT2D eigenvalue weighted by molar-refractivity contribution is 0.101. The van der Waals surface area contributed by atoms with Crippen LogP contribution in [0.25, 0.3) is 5.69 Å². The fraction of sp³-hybridized carbons (Fsp3) is 0.190. The Balaban J connectivity index is 2.07. The van der Waals surface area contributed by atoms with Crippen molar-refractivity contribution >= 4 is 11.6 Å². The summed E-state index contributed by atoms with van der Waals surface area (Å²) in [5.41, 5.74) is 1.22. The van der Waals surface area contributed by atoms with Crippen LogP contribution in [0, 0.1) is 6.92 Å². The SMILES string of the molecule is COc1cc(OC)cc(-n2nc(C(=O)Nc3cccc(C)c3)c(=O)cc2OC)c1. The molecule has 150 valence electrons. The molecule has 0 bridgehead atoms. The van der Waals surface area contributed by atoms with E-state index < -0.39 is 11.3 Å². The molecule has 1 aromatic heterocycles. The Labute approximate surface area is 167 Å². The van der Waals surface area contributed by atoms with E-state index in [1.54, 1.807) is 30.3 Å². The molecule has 0 fully saturated rings. The molecular formula is C21H21N3O5. The van der Waals surface area contributed by atoms with Crippen LogP contribution in [0.4, 0.5) is 5.69 Å². The summed E-state index contributed by atoms with van der Waals surface area (Å²) in [5.74, 6) is 0.588. The zero-order valence-corrected chi connectivity index (χ0v) is 16.6. The number of methoxy groups -OCH3 is 3. The lowest BCUT2D eigenvalue weighted by Gasteiger charge is -2.14. The first-order chi connectivity index (χ1) is 13.9. The standard InChI is InChI=1S/C21H21N3O5/c1-13-6-5-7-14(8-13)22-21(26)20-18(25)12-19(29-4)24(23-20)15-9-16(27-2)11-17(10-15)28-3/h5-12H,1-4H3,(H,22,26). The van der Waals surface area contributed by atoms with Gasteiger partial charge >= 0.3 is 0 Å². The fourth-order valence-electron chi connectivity index (χ4n) is 2.76. The van der Waals surface area contributed by atoms with Crippen LogP contribution < -0.4 is 25.0 Å². The second-order valence-electron chi connectivity index (χ2n) is 6.21. The molecule has 29 heavy (non-hydrogen) atoms. The predicted octanol–water partition coefficient (Wildman–Crippen LogP) is 2.82. The second kappa shape index (κ2) is 8.47. The van der Waals surface area contributed by atoms with Crippen LogP contribution >= 0.6 is 0 Å². The topological polar surface area (TPSA) is 91.7 Å². The third-order valence-electron chi connectivity index (χ3n) is 4.18. The lowest BCUT2D eigenvalue weighted by atomic mass is 10.2. The minimum absolute atomic E-state index is 0.164.